The summed E-state index contributed by atoms with van der Waals surface area (Å²) >= 11 is 0. The number of carbonyl (C=O) groups is 1. The molecule has 1 aromatic heterocycles. The fourth-order valence-corrected chi connectivity index (χ4v) is 1.48. The number of rotatable bonds is 3. The lowest BCUT2D eigenvalue weighted by atomic mass is 10.2. The molecule has 0 aliphatic carbocycles. The topological polar surface area (TPSA) is 72.9 Å². The van der Waals surface area contributed by atoms with E-state index >= 15 is 0 Å². The number of nitrogens with one attached hydrogen (secondary N) is 1. The number of hydrogen-bond acceptors (Lipinski definition) is 2. The van der Waals surface area contributed by atoms with Crippen molar-refractivity contribution in [1.29, 1.82) is 0 Å². The Morgan fingerprint density at radius 3 is 3.06 bits per heavy atom. The zero-order valence-corrected chi connectivity index (χ0v) is 8.63. The molecule has 0 aliphatic heterocycles. The minimum atomic E-state index is -0.556. The van der Waals surface area contributed by atoms with Crippen molar-refractivity contribution in [3.8, 4) is 0 Å². The summed E-state index contributed by atoms with van der Waals surface area (Å²) < 4.78 is 1.95. The summed E-state index contributed by atoms with van der Waals surface area (Å²) in [4.78, 5) is 14.7. The van der Waals surface area contributed by atoms with E-state index in [9.17, 15) is 4.79 Å². The van der Waals surface area contributed by atoms with E-state index in [1.807, 2.05) is 29.0 Å². The van der Waals surface area contributed by atoms with Crippen LogP contribution in [-0.4, -0.2) is 15.6 Å². The van der Waals surface area contributed by atoms with E-state index in [0.717, 1.165) is 5.56 Å². The number of urea groups is 1. The SMILES string of the molecule is NC(=O)Nc1cccc(Cn2ccnc2)c1. The number of nitrogens with two attached hydrogens (primary N) is 1. The van der Waals surface area contributed by atoms with Crippen molar-refractivity contribution in [2.24, 2.45) is 5.73 Å². The average Bonchev–Trinajstić information content (AvgIpc) is 2.70. The second kappa shape index (κ2) is 4.48. The van der Waals surface area contributed by atoms with E-state index < -0.39 is 6.03 Å². The first-order valence-corrected chi connectivity index (χ1v) is 4.85. The minimum absolute atomic E-state index is 0.556. The lowest BCUT2D eigenvalue weighted by Gasteiger charge is -2.06. The molecule has 5 heteroatoms. The van der Waals surface area contributed by atoms with E-state index in [1.165, 1.54) is 0 Å². The highest BCUT2D eigenvalue weighted by molar-refractivity contribution is 5.87. The quantitative estimate of drug-likeness (QED) is 0.814. The molecule has 5 nitrogen and oxygen atoms in total. The number of imidazole rings is 1. The molecular formula is C11H12N4O. The summed E-state index contributed by atoms with van der Waals surface area (Å²) in [6.07, 6.45) is 5.36. The summed E-state index contributed by atoms with van der Waals surface area (Å²) in [7, 11) is 0. The van der Waals surface area contributed by atoms with Crippen LogP contribution in [0.5, 0.6) is 0 Å². The molecular weight excluding hydrogens is 204 g/mol. The van der Waals surface area contributed by atoms with Gasteiger partial charge in [0.05, 0.1) is 6.33 Å². The van der Waals surface area contributed by atoms with Gasteiger partial charge in [0.25, 0.3) is 0 Å². The molecule has 1 heterocycles. The Bertz CT molecular complexity index is 478. The number of nitrogens with zero attached hydrogens (tertiary/aromatic N) is 2. The highest BCUT2D eigenvalue weighted by atomic mass is 16.2. The third kappa shape index (κ3) is 2.60. The van der Waals surface area contributed by atoms with Gasteiger partial charge in [-0.3, -0.25) is 0 Å². The van der Waals surface area contributed by atoms with Crippen molar-refractivity contribution in [3.05, 3.63) is 48.5 Å². The minimum Gasteiger partial charge on any atom is -0.351 e. The number of primary amides is 1. The van der Waals surface area contributed by atoms with Crippen molar-refractivity contribution in [1.82, 2.24) is 9.55 Å². The van der Waals surface area contributed by atoms with Crippen molar-refractivity contribution in [2.45, 2.75) is 6.54 Å². The van der Waals surface area contributed by atoms with Crippen molar-refractivity contribution in [2.75, 3.05) is 5.32 Å². The summed E-state index contributed by atoms with van der Waals surface area (Å²) in [6, 6.07) is 6.97. The molecule has 82 valence electrons. The highest BCUT2D eigenvalue weighted by Gasteiger charge is 1.98. The standard InChI is InChI=1S/C11H12N4O/c12-11(16)14-10-3-1-2-9(6-10)7-15-5-4-13-8-15/h1-6,8H,7H2,(H3,12,14,16). The molecule has 0 bridgehead atoms. The smallest absolute Gasteiger partial charge is 0.316 e. The van der Waals surface area contributed by atoms with Gasteiger partial charge in [0, 0.05) is 24.6 Å². The molecule has 16 heavy (non-hydrogen) atoms. The molecule has 2 amide bonds. The first-order chi connectivity index (χ1) is 7.74. The zero-order valence-electron chi connectivity index (χ0n) is 8.63. The first-order valence-electron chi connectivity index (χ1n) is 4.85. The predicted octanol–water partition coefficient (Wildman–Crippen LogP) is 1.42. The zero-order chi connectivity index (χ0) is 11.4. The molecule has 0 aliphatic rings. The van der Waals surface area contributed by atoms with Crippen molar-refractivity contribution in [3.63, 3.8) is 0 Å². The molecule has 3 N–H and O–H groups in total. The van der Waals surface area contributed by atoms with E-state index in [2.05, 4.69) is 10.3 Å². The van der Waals surface area contributed by atoms with E-state index in [1.54, 1.807) is 18.6 Å². The molecule has 1 aromatic carbocycles. The third-order valence-electron chi connectivity index (χ3n) is 2.12. The van der Waals surface area contributed by atoms with Gasteiger partial charge in [0.2, 0.25) is 0 Å². The molecule has 0 saturated heterocycles. The van der Waals surface area contributed by atoms with Crippen LogP contribution >= 0.6 is 0 Å². The summed E-state index contributed by atoms with van der Waals surface area (Å²) in [5.74, 6) is 0. The predicted molar refractivity (Wildman–Crippen MR) is 61.0 cm³/mol. The lowest BCUT2D eigenvalue weighted by Crippen LogP contribution is -2.19. The third-order valence-corrected chi connectivity index (χ3v) is 2.12. The number of amides is 2. The Kier molecular flexibility index (Phi) is 2.86. The fourth-order valence-electron chi connectivity index (χ4n) is 1.48. The summed E-state index contributed by atoms with van der Waals surface area (Å²) in [5.41, 5.74) is 6.82. The second-order valence-electron chi connectivity index (χ2n) is 3.42. The molecule has 0 unspecified atom stereocenters. The van der Waals surface area contributed by atoms with E-state index in [4.69, 9.17) is 5.73 Å². The van der Waals surface area contributed by atoms with Gasteiger partial charge < -0.3 is 15.6 Å². The van der Waals surface area contributed by atoms with Gasteiger partial charge in [-0.15, -0.1) is 0 Å². The highest BCUT2D eigenvalue weighted by Crippen LogP contribution is 2.11. The first kappa shape index (κ1) is 10.2. The molecule has 0 saturated carbocycles. The number of aromatic nitrogens is 2. The van der Waals surface area contributed by atoms with Gasteiger partial charge in [0.15, 0.2) is 0 Å². The molecule has 0 fully saturated rings. The maximum atomic E-state index is 10.7. The largest absolute Gasteiger partial charge is 0.351 e. The van der Waals surface area contributed by atoms with Gasteiger partial charge in [-0.1, -0.05) is 12.1 Å². The van der Waals surface area contributed by atoms with Crippen molar-refractivity contribution < 1.29 is 4.79 Å². The Labute approximate surface area is 92.9 Å². The van der Waals surface area contributed by atoms with Gasteiger partial charge in [-0.2, -0.15) is 0 Å². The summed E-state index contributed by atoms with van der Waals surface area (Å²) in [5, 5.41) is 2.54. The number of benzene rings is 1. The molecule has 0 spiro atoms. The fraction of sp³-hybridized carbons (Fsp3) is 0.0909. The van der Waals surface area contributed by atoms with Gasteiger partial charge in [0.1, 0.15) is 0 Å². The van der Waals surface area contributed by atoms with Crippen LogP contribution in [0.4, 0.5) is 10.5 Å². The second-order valence-corrected chi connectivity index (χ2v) is 3.42. The summed E-state index contributed by atoms with van der Waals surface area (Å²) in [6.45, 7) is 0.717. The van der Waals surface area contributed by atoms with Crippen LogP contribution in [0.3, 0.4) is 0 Å². The van der Waals surface area contributed by atoms with Gasteiger partial charge in [-0.05, 0) is 17.7 Å². The maximum Gasteiger partial charge on any atom is 0.316 e. The van der Waals surface area contributed by atoms with E-state index in [0.29, 0.717) is 12.2 Å². The molecule has 0 atom stereocenters. The number of hydrogen-bond donors (Lipinski definition) is 2. The number of carbonyl (C=O) groups excluding carboxylic acids is 1. The van der Waals surface area contributed by atoms with Crippen LogP contribution in [0.15, 0.2) is 43.0 Å². The Morgan fingerprint density at radius 2 is 2.38 bits per heavy atom. The van der Waals surface area contributed by atoms with Gasteiger partial charge in [-0.25, -0.2) is 9.78 Å². The number of anilines is 1. The van der Waals surface area contributed by atoms with Crippen LogP contribution < -0.4 is 11.1 Å². The monoisotopic (exact) mass is 216 g/mol. The van der Waals surface area contributed by atoms with Crippen molar-refractivity contribution >= 4 is 11.7 Å². The molecule has 2 rings (SSSR count). The Hall–Kier alpha value is -2.30. The van der Waals surface area contributed by atoms with Gasteiger partial charge >= 0.3 is 6.03 Å². The molecule has 2 aromatic rings. The van der Waals surface area contributed by atoms with E-state index in [-0.39, 0.29) is 0 Å². The van der Waals surface area contributed by atoms with Crippen LogP contribution in [0, 0.1) is 0 Å². The van der Waals surface area contributed by atoms with Crippen LogP contribution in [0.1, 0.15) is 5.56 Å². The molecule has 0 radical (unpaired) electrons. The average molecular weight is 216 g/mol. The van der Waals surface area contributed by atoms with Crippen LogP contribution in [0.2, 0.25) is 0 Å². The Morgan fingerprint density at radius 1 is 1.50 bits per heavy atom. The van der Waals surface area contributed by atoms with Crippen LogP contribution in [-0.2, 0) is 6.54 Å². The normalized spacial score (nSPS) is 10.0. The van der Waals surface area contributed by atoms with Crippen LogP contribution in [0.25, 0.3) is 0 Å². The maximum absolute atomic E-state index is 10.7. The lowest BCUT2D eigenvalue weighted by molar-refractivity contribution is 0.259. The Balaban J connectivity index is 2.13.